The van der Waals surface area contributed by atoms with E-state index in [2.05, 4.69) is 32.8 Å². The normalized spacial score (nSPS) is 14.4. The second-order valence-electron chi connectivity index (χ2n) is 8.81. The van der Waals surface area contributed by atoms with Crippen molar-refractivity contribution in [2.45, 2.75) is 51.9 Å². The average molecular weight is 462 g/mol. The topological polar surface area (TPSA) is 81.8 Å². The fourth-order valence-corrected chi connectivity index (χ4v) is 4.36. The maximum atomic E-state index is 14.2. The Morgan fingerprint density at radius 2 is 1.97 bits per heavy atom. The number of aromatic amines is 1. The second kappa shape index (κ2) is 11.2. The zero-order valence-electron chi connectivity index (χ0n) is 19.7. The van der Waals surface area contributed by atoms with E-state index in [4.69, 9.17) is 0 Å². The molecule has 1 heterocycles. The van der Waals surface area contributed by atoms with Gasteiger partial charge in [-0.05, 0) is 61.6 Å². The molecule has 4 rings (SSSR count). The molecule has 1 amide bonds. The molecule has 0 aliphatic heterocycles. The van der Waals surface area contributed by atoms with Gasteiger partial charge >= 0.3 is 0 Å². The van der Waals surface area contributed by atoms with Crippen LogP contribution in [-0.4, -0.2) is 28.5 Å². The Labute approximate surface area is 200 Å². The van der Waals surface area contributed by atoms with Crippen LogP contribution >= 0.6 is 0 Å². The van der Waals surface area contributed by atoms with Gasteiger partial charge in [-0.1, -0.05) is 30.4 Å². The van der Waals surface area contributed by atoms with Crippen LogP contribution in [0, 0.1) is 5.82 Å². The largest absolute Gasteiger partial charge is 0.350 e. The first-order valence-electron chi connectivity index (χ1n) is 11.8. The molecule has 6 nitrogen and oxygen atoms in total. The van der Waals surface area contributed by atoms with E-state index in [1.54, 1.807) is 18.5 Å². The van der Waals surface area contributed by atoms with Crippen molar-refractivity contribution in [3.63, 3.8) is 0 Å². The molecule has 2 aromatic carbocycles. The van der Waals surface area contributed by atoms with Crippen LogP contribution in [0.15, 0.2) is 54.9 Å². The van der Waals surface area contributed by atoms with Gasteiger partial charge in [-0.15, -0.1) is 0 Å². The fraction of sp³-hybridized carbons (Fsp3) is 0.333. The van der Waals surface area contributed by atoms with Gasteiger partial charge in [0.2, 0.25) is 0 Å². The number of fused-ring (bicyclic) bond motifs is 1. The van der Waals surface area contributed by atoms with Crippen molar-refractivity contribution in [2.75, 3.05) is 6.54 Å². The highest BCUT2D eigenvalue weighted by Crippen LogP contribution is 2.29. The monoisotopic (exact) mass is 461 g/mol. The van der Waals surface area contributed by atoms with E-state index in [1.807, 2.05) is 49.4 Å². The molecule has 4 N–H and O–H groups in total. The zero-order valence-corrected chi connectivity index (χ0v) is 19.7. The van der Waals surface area contributed by atoms with Gasteiger partial charge in [0.15, 0.2) is 0 Å². The van der Waals surface area contributed by atoms with Gasteiger partial charge in [0.1, 0.15) is 11.6 Å². The highest BCUT2D eigenvalue weighted by atomic mass is 19.1. The van der Waals surface area contributed by atoms with Crippen molar-refractivity contribution in [2.24, 2.45) is 0 Å². The molecule has 0 fully saturated rings. The standard InChI is InChI=1S/C27H32FN5O/c1-18(33-19(2)22-11-12-25(28)24-6-4-3-5-23(22)24)15-32-27(34)21-9-7-20(8-10-21)16-29-17-26-30-13-14-31-26/h4,6-14,18-19,29,33H,3,5,15-17H2,1-2H3,(H,30,31)(H,32,34). The number of imidazole rings is 1. The number of carbonyl (C=O) groups is 1. The molecule has 0 bridgehead atoms. The van der Waals surface area contributed by atoms with Gasteiger partial charge in [-0.3, -0.25) is 4.79 Å². The maximum Gasteiger partial charge on any atom is 0.251 e. The number of halogens is 1. The first-order valence-corrected chi connectivity index (χ1v) is 11.8. The summed E-state index contributed by atoms with van der Waals surface area (Å²) in [6, 6.07) is 11.1. The van der Waals surface area contributed by atoms with Crippen LogP contribution in [0.25, 0.3) is 6.08 Å². The Kier molecular flexibility index (Phi) is 7.87. The van der Waals surface area contributed by atoms with Gasteiger partial charge < -0.3 is 20.9 Å². The Bertz CT molecular complexity index is 1120. The lowest BCUT2D eigenvalue weighted by molar-refractivity contribution is 0.0949. The molecule has 0 spiro atoms. The number of hydrogen-bond acceptors (Lipinski definition) is 4. The first kappa shape index (κ1) is 23.9. The number of allylic oxidation sites excluding steroid dienone is 1. The number of benzene rings is 2. The van der Waals surface area contributed by atoms with Gasteiger partial charge in [-0.25, -0.2) is 9.37 Å². The second-order valence-corrected chi connectivity index (χ2v) is 8.81. The lowest BCUT2D eigenvalue weighted by Gasteiger charge is -2.25. The van der Waals surface area contributed by atoms with Crippen LogP contribution in [0.3, 0.4) is 0 Å². The van der Waals surface area contributed by atoms with Crippen LogP contribution in [0.2, 0.25) is 0 Å². The third-order valence-electron chi connectivity index (χ3n) is 6.15. The number of hydrogen-bond donors (Lipinski definition) is 4. The summed E-state index contributed by atoms with van der Waals surface area (Å²) in [5, 5.41) is 9.87. The molecule has 0 radical (unpaired) electrons. The summed E-state index contributed by atoms with van der Waals surface area (Å²) in [5.74, 6) is 0.631. The third kappa shape index (κ3) is 5.98. The number of H-pyrrole nitrogens is 1. The predicted molar refractivity (Wildman–Crippen MR) is 133 cm³/mol. The summed E-state index contributed by atoms with van der Waals surface area (Å²) in [5.41, 5.74) is 4.64. The lowest BCUT2D eigenvalue weighted by Crippen LogP contribution is -2.40. The summed E-state index contributed by atoms with van der Waals surface area (Å²) in [7, 11) is 0. The van der Waals surface area contributed by atoms with E-state index in [0.717, 1.165) is 35.4 Å². The van der Waals surface area contributed by atoms with E-state index < -0.39 is 0 Å². The summed E-state index contributed by atoms with van der Waals surface area (Å²) in [6.07, 6.45) is 9.22. The van der Waals surface area contributed by atoms with Crippen molar-refractivity contribution in [3.8, 4) is 0 Å². The highest BCUT2D eigenvalue weighted by Gasteiger charge is 2.19. The summed E-state index contributed by atoms with van der Waals surface area (Å²) in [6.45, 7) is 5.99. The molecule has 2 unspecified atom stereocenters. The molecule has 34 heavy (non-hydrogen) atoms. The predicted octanol–water partition coefficient (Wildman–Crippen LogP) is 4.27. The fourth-order valence-electron chi connectivity index (χ4n) is 4.36. The van der Waals surface area contributed by atoms with Crippen molar-refractivity contribution in [1.82, 2.24) is 25.9 Å². The van der Waals surface area contributed by atoms with E-state index in [0.29, 0.717) is 30.8 Å². The Hall–Kier alpha value is -3.29. The molecule has 0 saturated carbocycles. The molecule has 178 valence electrons. The molecular weight excluding hydrogens is 429 g/mol. The lowest BCUT2D eigenvalue weighted by atomic mass is 9.89. The van der Waals surface area contributed by atoms with Crippen molar-refractivity contribution in [1.29, 1.82) is 0 Å². The number of nitrogens with zero attached hydrogens (tertiary/aromatic N) is 1. The van der Waals surface area contributed by atoms with Crippen LogP contribution in [0.4, 0.5) is 4.39 Å². The number of carbonyl (C=O) groups excluding carboxylic acids is 1. The van der Waals surface area contributed by atoms with Gasteiger partial charge in [0.25, 0.3) is 5.91 Å². The average Bonchev–Trinajstić information content (AvgIpc) is 3.37. The number of amides is 1. The molecule has 2 atom stereocenters. The van der Waals surface area contributed by atoms with Crippen LogP contribution in [0.5, 0.6) is 0 Å². The minimum Gasteiger partial charge on any atom is -0.350 e. The number of nitrogens with one attached hydrogen (secondary N) is 4. The SMILES string of the molecule is CC(CNC(=O)c1ccc(CNCc2ncc[nH]2)cc1)NC(C)c1ccc(F)c2c1CCC=C2. The van der Waals surface area contributed by atoms with Crippen LogP contribution in [0.1, 0.15) is 64.7 Å². The summed E-state index contributed by atoms with van der Waals surface area (Å²) >= 11 is 0. The molecule has 1 aliphatic carbocycles. The minimum absolute atomic E-state index is 0.0562. The smallest absolute Gasteiger partial charge is 0.251 e. The van der Waals surface area contributed by atoms with E-state index in [-0.39, 0.29) is 23.8 Å². The van der Waals surface area contributed by atoms with Crippen LogP contribution < -0.4 is 16.0 Å². The van der Waals surface area contributed by atoms with Crippen molar-refractivity contribution in [3.05, 3.63) is 94.3 Å². The zero-order chi connectivity index (χ0) is 23.9. The minimum atomic E-state index is -0.165. The molecule has 0 saturated heterocycles. The van der Waals surface area contributed by atoms with Gasteiger partial charge in [-0.2, -0.15) is 0 Å². The first-order chi connectivity index (χ1) is 16.5. The summed E-state index contributed by atoms with van der Waals surface area (Å²) in [4.78, 5) is 19.8. The van der Waals surface area contributed by atoms with E-state index >= 15 is 0 Å². The Morgan fingerprint density at radius 1 is 1.15 bits per heavy atom. The molecule has 3 aromatic rings. The van der Waals surface area contributed by atoms with Gasteiger partial charge in [0.05, 0.1) is 6.54 Å². The molecule has 1 aromatic heterocycles. The van der Waals surface area contributed by atoms with Crippen LogP contribution in [-0.2, 0) is 19.5 Å². The molecule has 1 aliphatic rings. The highest BCUT2D eigenvalue weighted by molar-refractivity contribution is 5.94. The van der Waals surface area contributed by atoms with Gasteiger partial charge in [0, 0.05) is 48.7 Å². The quantitative estimate of drug-likeness (QED) is 0.364. The van der Waals surface area contributed by atoms with E-state index in [1.165, 1.54) is 0 Å². The van der Waals surface area contributed by atoms with Crippen molar-refractivity contribution >= 4 is 12.0 Å². The Morgan fingerprint density at radius 3 is 2.74 bits per heavy atom. The summed E-state index contributed by atoms with van der Waals surface area (Å²) < 4.78 is 14.2. The number of aromatic nitrogens is 2. The number of rotatable bonds is 10. The Balaban J connectivity index is 1.25. The molecular formula is C27H32FN5O. The molecule has 7 heteroatoms. The third-order valence-corrected chi connectivity index (χ3v) is 6.15. The van der Waals surface area contributed by atoms with Crippen molar-refractivity contribution < 1.29 is 9.18 Å². The maximum absolute atomic E-state index is 14.2. The van der Waals surface area contributed by atoms with E-state index in [9.17, 15) is 9.18 Å².